The number of hydrogen-bond acceptors (Lipinski definition) is 3. The molecule has 0 unspecified atom stereocenters. The van der Waals surface area contributed by atoms with Crippen LogP contribution in [0.25, 0.3) is 0 Å². The molecule has 6 nitrogen and oxygen atoms in total. The highest BCUT2D eigenvalue weighted by atomic mass is 32.1. The number of nitrogens with one attached hydrogen (secondary N) is 4. The van der Waals surface area contributed by atoms with Crippen LogP contribution in [0.1, 0.15) is 22.9 Å². The number of thiophene rings is 1. The van der Waals surface area contributed by atoms with E-state index in [4.69, 9.17) is 0 Å². The monoisotopic (exact) mass is 416 g/mol. The van der Waals surface area contributed by atoms with Crippen LogP contribution < -0.4 is 20.4 Å². The van der Waals surface area contributed by atoms with Gasteiger partial charge in [0.2, 0.25) is 5.91 Å². The van der Waals surface area contributed by atoms with Gasteiger partial charge in [0.15, 0.2) is 6.04 Å². The number of hydrogen-bond donors (Lipinski definition) is 4. The van der Waals surface area contributed by atoms with E-state index in [2.05, 4.69) is 28.1 Å². The Kier molecular flexibility index (Phi) is 7.41. The van der Waals surface area contributed by atoms with E-state index in [1.807, 2.05) is 50.3 Å². The fraction of sp³-hybridized carbons (Fsp3) is 0.455. The second-order valence-corrected chi connectivity index (χ2v) is 8.95. The van der Waals surface area contributed by atoms with E-state index in [0.717, 1.165) is 49.5 Å². The first-order valence-corrected chi connectivity index (χ1v) is 11.2. The summed E-state index contributed by atoms with van der Waals surface area (Å²) in [4.78, 5) is 29.1. The molecule has 156 valence electrons. The van der Waals surface area contributed by atoms with Crippen LogP contribution >= 0.6 is 11.3 Å². The molecule has 29 heavy (non-hydrogen) atoms. The summed E-state index contributed by atoms with van der Waals surface area (Å²) in [6.45, 7) is 11.0. The first kappa shape index (κ1) is 21.5. The normalized spacial score (nSPS) is 20.1. The van der Waals surface area contributed by atoms with Gasteiger partial charge in [-0.05, 0) is 43.3 Å². The van der Waals surface area contributed by atoms with E-state index in [-0.39, 0.29) is 24.4 Å². The maximum Gasteiger partial charge on any atom is 0.278 e. The minimum Gasteiger partial charge on any atom is -0.342 e. The lowest BCUT2D eigenvalue weighted by Crippen LogP contribution is -3.29. The van der Waals surface area contributed by atoms with E-state index in [9.17, 15) is 9.59 Å². The summed E-state index contributed by atoms with van der Waals surface area (Å²) in [6.07, 6.45) is 0. The van der Waals surface area contributed by atoms with Gasteiger partial charge >= 0.3 is 0 Å². The molecule has 1 saturated heterocycles. The Morgan fingerprint density at radius 2 is 1.76 bits per heavy atom. The van der Waals surface area contributed by atoms with Crippen molar-refractivity contribution in [2.75, 3.05) is 38.0 Å². The van der Waals surface area contributed by atoms with Crippen molar-refractivity contribution in [3.63, 3.8) is 0 Å². The third-order valence-electron chi connectivity index (χ3n) is 5.78. The molecule has 1 aliphatic rings. The van der Waals surface area contributed by atoms with E-state index >= 15 is 0 Å². The molecule has 1 fully saturated rings. The van der Waals surface area contributed by atoms with Gasteiger partial charge in [-0.25, -0.2) is 0 Å². The van der Waals surface area contributed by atoms with Gasteiger partial charge in [-0.15, -0.1) is 11.3 Å². The molecule has 3 rings (SSSR count). The Balaban J connectivity index is 1.42. The number of para-hydroxylation sites is 1. The highest BCUT2D eigenvalue weighted by Gasteiger charge is 2.31. The van der Waals surface area contributed by atoms with Crippen molar-refractivity contribution < 1.29 is 19.4 Å². The number of quaternary nitrogens is 2. The molecule has 1 aliphatic heterocycles. The number of anilines is 1. The van der Waals surface area contributed by atoms with Crippen LogP contribution in [0.3, 0.4) is 0 Å². The lowest BCUT2D eigenvalue weighted by Gasteiger charge is -2.32. The predicted molar refractivity (Wildman–Crippen MR) is 116 cm³/mol. The summed E-state index contributed by atoms with van der Waals surface area (Å²) in [6, 6.07) is 10.0. The fourth-order valence-corrected chi connectivity index (χ4v) is 4.67. The second-order valence-electron chi connectivity index (χ2n) is 7.92. The molecule has 2 heterocycles. The molecule has 0 saturated carbocycles. The van der Waals surface area contributed by atoms with Gasteiger partial charge in [-0.1, -0.05) is 24.3 Å². The second kappa shape index (κ2) is 10.0. The third-order valence-corrected chi connectivity index (χ3v) is 6.65. The summed E-state index contributed by atoms with van der Waals surface area (Å²) < 4.78 is 0. The van der Waals surface area contributed by atoms with Crippen LogP contribution in [0.2, 0.25) is 0 Å². The van der Waals surface area contributed by atoms with Gasteiger partial charge in [0.1, 0.15) is 32.7 Å². The molecule has 1 atom stereocenters. The lowest BCUT2D eigenvalue weighted by atomic mass is 10.1. The summed E-state index contributed by atoms with van der Waals surface area (Å²) in [5, 5.41) is 7.85. The zero-order valence-corrected chi connectivity index (χ0v) is 18.3. The van der Waals surface area contributed by atoms with Crippen LogP contribution in [0.5, 0.6) is 0 Å². The topological polar surface area (TPSA) is 67.1 Å². The summed E-state index contributed by atoms with van der Waals surface area (Å²) in [5.74, 6) is -0.249. The lowest BCUT2D eigenvalue weighted by molar-refractivity contribution is -1.02. The number of amides is 2. The van der Waals surface area contributed by atoms with Gasteiger partial charge < -0.3 is 20.4 Å². The number of benzene rings is 1. The van der Waals surface area contributed by atoms with Crippen molar-refractivity contribution in [1.82, 2.24) is 5.32 Å². The van der Waals surface area contributed by atoms with Crippen molar-refractivity contribution in [1.29, 1.82) is 0 Å². The van der Waals surface area contributed by atoms with E-state index < -0.39 is 0 Å². The molecule has 0 bridgehead atoms. The molecule has 7 heteroatoms. The molecule has 4 N–H and O–H groups in total. The molecule has 0 spiro atoms. The van der Waals surface area contributed by atoms with Crippen LogP contribution in [-0.2, 0) is 16.1 Å². The molecular weight excluding hydrogens is 384 g/mol. The van der Waals surface area contributed by atoms with Gasteiger partial charge in [0.25, 0.3) is 5.91 Å². The number of carbonyl (C=O) groups is 2. The van der Waals surface area contributed by atoms with E-state index in [0.29, 0.717) is 0 Å². The number of rotatable bonds is 7. The molecule has 0 aliphatic carbocycles. The van der Waals surface area contributed by atoms with Crippen LogP contribution in [0.15, 0.2) is 35.7 Å². The highest BCUT2D eigenvalue weighted by molar-refractivity contribution is 7.09. The van der Waals surface area contributed by atoms with E-state index in [1.54, 1.807) is 4.90 Å². The number of aryl methyl sites for hydroxylation is 2. The SMILES string of the molecule is Cc1cccc(C)c1NC(=O)CNC(=O)[C@H](C)[NH+]1CC[NH+](Cc2cccs2)CC1. The largest absolute Gasteiger partial charge is 0.342 e. The fourth-order valence-electron chi connectivity index (χ4n) is 3.90. The molecular formula is C22H32N4O2S+2. The van der Waals surface area contributed by atoms with Gasteiger partial charge in [-0.2, -0.15) is 0 Å². The van der Waals surface area contributed by atoms with Crippen molar-refractivity contribution >= 4 is 28.8 Å². The Labute approximate surface area is 176 Å². The Hall–Kier alpha value is -2.22. The predicted octanol–water partition coefficient (Wildman–Crippen LogP) is -0.208. The Bertz CT molecular complexity index is 809. The highest BCUT2D eigenvalue weighted by Crippen LogP contribution is 2.18. The van der Waals surface area contributed by atoms with Crippen molar-refractivity contribution in [2.45, 2.75) is 33.4 Å². The summed E-state index contributed by atoms with van der Waals surface area (Å²) >= 11 is 1.81. The van der Waals surface area contributed by atoms with Crippen LogP contribution in [-0.4, -0.2) is 50.6 Å². The molecule has 2 aromatic rings. The molecule has 1 aromatic carbocycles. The molecule has 1 aromatic heterocycles. The smallest absolute Gasteiger partial charge is 0.278 e. The standard InChI is InChI=1S/C22H30N4O2S/c1-16-6-4-7-17(2)21(16)24-20(27)14-23-22(28)18(3)26-11-9-25(10-12-26)15-19-8-5-13-29-19/h4-8,13,18H,9-12,14-15H2,1-3H3,(H,23,28)(H,24,27)/p+2/t18-/m0/s1. The molecule has 2 amide bonds. The van der Waals surface area contributed by atoms with Crippen LogP contribution in [0, 0.1) is 13.8 Å². The van der Waals surface area contributed by atoms with Gasteiger partial charge in [0, 0.05) is 5.69 Å². The maximum atomic E-state index is 12.6. The summed E-state index contributed by atoms with van der Waals surface area (Å²) in [7, 11) is 0. The van der Waals surface area contributed by atoms with Crippen molar-refractivity contribution in [2.24, 2.45) is 0 Å². The summed E-state index contributed by atoms with van der Waals surface area (Å²) in [5.41, 5.74) is 2.87. The van der Waals surface area contributed by atoms with Crippen molar-refractivity contribution in [3.8, 4) is 0 Å². The minimum absolute atomic E-state index is 0.0000194. The van der Waals surface area contributed by atoms with E-state index in [1.165, 1.54) is 9.78 Å². The average molecular weight is 417 g/mol. The first-order chi connectivity index (χ1) is 13.9. The zero-order valence-electron chi connectivity index (χ0n) is 17.5. The van der Waals surface area contributed by atoms with Gasteiger partial charge in [0.05, 0.1) is 11.4 Å². The Morgan fingerprint density at radius 3 is 2.38 bits per heavy atom. The number of carbonyl (C=O) groups excluding carboxylic acids is 2. The quantitative estimate of drug-likeness (QED) is 0.505. The average Bonchev–Trinajstić information content (AvgIpc) is 3.22. The van der Waals surface area contributed by atoms with Crippen LogP contribution in [0.4, 0.5) is 5.69 Å². The maximum absolute atomic E-state index is 12.6. The zero-order chi connectivity index (χ0) is 20.8. The van der Waals surface area contributed by atoms with Gasteiger partial charge in [-0.3, -0.25) is 9.59 Å². The first-order valence-electron chi connectivity index (χ1n) is 10.3. The Morgan fingerprint density at radius 1 is 1.07 bits per heavy atom. The molecule has 0 radical (unpaired) electrons. The van der Waals surface area contributed by atoms with Crippen molar-refractivity contribution in [3.05, 3.63) is 51.7 Å². The third kappa shape index (κ3) is 5.88. The minimum atomic E-state index is -0.192. The number of piperazine rings is 1.